The lowest BCUT2D eigenvalue weighted by atomic mass is 10.0. The Bertz CT molecular complexity index is 662. The van der Waals surface area contributed by atoms with E-state index in [-0.39, 0.29) is 11.1 Å². The van der Waals surface area contributed by atoms with Crippen molar-refractivity contribution in [1.82, 2.24) is 0 Å². The third-order valence-electron chi connectivity index (χ3n) is 6.77. The van der Waals surface area contributed by atoms with E-state index in [2.05, 4.69) is 58.2 Å². The minimum atomic E-state index is -1.84. The molecular formula is C23H36O3Si. The van der Waals surface area contributed by atoms with Gasteiger partial charge in [-0.05, 0) is 55.3 Å². The van der Waals surface area contributed by atoms with Gasteiger partial charge in [0.05, 0.1) is 19.8 Å². The maximum Gasteiger partial charge on any atom is 0.192 e. The highest BCUT2D eigenvalue weighted by atomic mass is 28.4. The third-order valence-corrected chi connectivity index (χ3v) is 11.3. The fraction of sp³-hybridized carbons (Fsp3) is 0.652. The lowest BCUT2D eigenvalue weighted by Crippen LogP contribution is -2.42. The summed E-state index contributed by atoms with van der Waals surface area (Å²) in [6.07, 6.45) is 8.45. The Labute approximate surface area is 166 Å². The van der Waals surface area contributed by atoms with Crippen molar-refractivity contribution in [3.8, 4) is 5.75 Å². The molecule has 1 fully saturated rings. The summed E-state index contributed by atoms with van der Waals surface area (Å²) in [4.78, 5) is 0. The monoisotopic (exact) mass is 388 g/mol. The van der Waals surface area contributed by atoms with Gasteiger partial charge in [0, 0.05) is 5.56 Å². The maximum atomic E-state index is 6.67. The lowest BCUT2D eigenvalue weighted by Gasteiger charge is -2.37. The smallest absolute Gasteiger partial charge is 0.192 e. The molecule has 0 aliphatic heterocycles. The summed E-state index contributed by atoms with van der Waals surface area (Å²) in [7, 11) is -0.107. The van der Waals surface area contributed by atoms with Gasteiger partial charge in [0.1, 0.15) is 11.9 Å². The van der Waals surface area contributed by atoms with Crippen molar-refractivity contribution in [2.75, 3.05) is 13.7 Å². The standard InChI is InChI=1S/C23H36O3Si/c1-23(2,3)27(5,6)25-16-22(20-12-7-8-13-21(20)24-4)26-19-14-17-10-9-11-18(17)15-19/h7-10,12-13,17-19,22H,11,14-16H2,1-6H3/t17-,18+,19+,22?/m0/s1. The van der Waals surface area contributed by atoms with Gasteiger partial charge in [0.25, 0.3) is 0 Å². The number of para-hydroxylation sites is 1. The number of allylic oxidation sites excluding steroid dienone is 2. The first-order chi connectivity index (χ1) is 12.7. The summed E-state index contributed by atoms with van der Waals surface area (Å²) in [6, 6.07) is 8.21. The van der Waals surface area contributed by atoms with Gasteiger partial charge < -0.3 is 13.9 Å². The second-order valence-electron chi connectivity index (χ2n) is 9.62. The van der Waals surface area contributed by atoms with E-state index >= 15 is 0 Å². The molecule has 1 unspecified atom stereocenters. The molecule has 0 spiro atoms. The van der Waals surface area contributed by atoms with Crippen LogP contribution in [-0.4, -0.2) is 28.1 Å². The highest BCUT2D eigenvalue weighted by Crippen LogP contribution is 2.44. The molecule has 1 aromatic rings. The van der Waals surface area contributed by atoms with Gasteiger partial charge in [-0.15, -0.1) is 0 Å². The Kier molecular flexibility index (Phi) is 6.19. The summed E-state index contributed by atoms with van der Waals surface area (Å²) in [5.74, 6) is 2.36. The molecule has 4 heteroatoms. The second kappa shape index (κ2) is 8.10. The molecule has 0 N–H and O–H groups in total. The SMILES string of the molecule is COc1ccccc1C(CO[Si](C)(C)C(C)(C)C)O[C@H]1C[C@H]2CC=C[C@H]2C1. The zero-order chi connectivity index (χ0) is 19.7. The fourth-order valence-corrected chi connectivity index (χ4v) is 5.02. The Morgan fingerprint density at radius 2 is 1.89 bits per heavy atom. The van der Waals surface area contributed by atoms with E-state index in [4.69, 9.17) is 13.9 Å². The number of fused-ring (bicyclic) bond motifs is 1. The van der Waals surface area contributed by atoms with Crippen molar-refractivity contribution >= 4 is 8.32 Å². The quantitative estimate of drug-likeness (QED) is 0.415. The predicted molar refractivity (Wildman–Crippen MR) is 114 cm³/mol. The largest absolute Gasteiger partial charge is 0.496 e. The Morgan fingerprint density at radius 1 is 1.15 bits per heavy atom. The van der Waals surface area contributed by atoms with Crippen LogP contribution in [0.5, 0.6) is 5.75 Å². The van der Waals surface area contributed by atoms with Crippen LogP contribution >= 0.6 is 0 Å². The van der Waals surface area contributed by atoms with Crippen molar-refractivity contribution in [3.63, 3.8) is 0 Å². The highest BCUT2D eigenvalue weighted by molar-refractivity contribution is 6.74. The maximum absolute atomic E-state index is 6.67. The number of methoxy groups -OCH3 is 1. The number of ether oxygens (including phenoxy) is 2. The molecule has 150 valence electrons. The van der Waals surface area contributed by atoms with Crippen LogP contribution in [0, 0.1) is 11.8 Å². The van der Waals surface area contributed by atoms with Crippen LogP contribution in [0.3, 0.4) is 0 Å². The number of benzene rings is 1. The first-order valence-corrected chi connectivity index (χ1v) is 13.2. The molecule has 0 bridgehead atoms. The second-order valence-corrected chi connectivity index (χ2v) is 14.4. The molecule has 3 nitrogen and oxygen atoms in total. The van der Waals surface area contributed by atoms with Gasteiger partial charge >= 0.3 is 0 Å². The average Bonchev–Trinajstić information content (AvgIpc) is 3.19. The molecule has 3 rings (SSSR count). The van der Waals surface area contributed by atoms with Crippen LogP contribution in [0.15, 0.2) is 36.4 Å². The van der Waals surface area contributed by atoms with Gasteiger partial charge in [0.15, 0.2) is 8.32 Å². The van der Waals surface area contributed by atoms with Crippen LogP contribution in [0.4, 0.5) is 0 Å². The van der Waals surface area contributed by atoms with Crippen molar-refractivity contribution < 1.29 is 13.9 Å². The van der Waals surface area contributed by atoms with Crippen molar-refractivity contribution in [1.29, 1.82) is 0 Å². The van der Waals surface area contributed by atoms with Crippen LogP contribution in [0.25, 0.3) is 0 Å². The van der Waals surface area contributed by atoms with Gasteiger partial charge in [-0.1, -0.05) is 51.1 Å². The van der Waals surface area contributed by atoms with Crippen LogP contribution < -0.4 is 4.74 Å². The van der Waals surface area contributed by atoms with E-state index in [0.29, 0.717) is 18.6 Å². The molecule has 0 aromatic heterocycles. The highest BCUT2D eigenvalue weighted by Gasteiger charge is 2.40. The molecule has 27 heavy (non-hydrogen) atoms. The molecule has 1 aromatic carbocycles. The van der Waals surface area contributed by atoms with Gasteiger partial charge in [-0.2, -0.15) is 0 Å². The Balaban J connectivity index is 1.76. The summed E-state index contributed by atoms with van der Waals surface area (Å²) in [6.45, 7) is 12.0. The van der Waals surface area contributed by atoms with E-state index in [1.807, 2.05) is 12.1 Å². The zero-order valence-corrected chi connectivity index (χ0v) is 18.8. The number of rotatable bonds is 7. The van der Waals surface area contributed by atoms with E-state index < -0.39 is 8.32 Å². The molecule has 0 saturated heterocycles. The summed E-state index contributed by atoms with van der Waals surface area (Å²) < 4.78 is 18.9. The molecular weight excluding hydrogens is 352 g/mol. The van der Waals surface area contributed by atoms with E-state index in [0.717, 1.165) is 30.1 Å². The third kappa shape index (κ3) is 4.66. The van der Waals surface area contributed by atoms with Crippen LogP contribution in [0.2, 0.25) is 18.1 Å². The Hall–Kier alpha value is -1.10. The molecule has 4 atom stereocenters. The Morgan fingerprint density at radius 3 is 2.56 bits per heavy atom. The zero-order valence-electron chi connectivity index (χ0n) is 17.8. The molecule has 2 aliphatic carbocycles. The minimum absolute atomic E-state index is 0.0805. The first-order valence-electron chi connectivity index (χ1n) is 10.3. The van der Waals surface area contributed by atoms with Crippen molar-refractivity contribution in [2.24, 2.45) is 11.8 Å². The van der Waals surface area contributed by atoms with Crippen LogP contribution in [0.1, 0.15) is 51.7 Å². The lowest BCUT2D eigenvalue weighted by molar-refractivity contribution is -0.0380. The molecule has 0 radical (unpaired) electrons. The minimum Gasteiger partial charge on any atom is -0.496 e. The van der Waals surface area contributed by atoms with E-state index in [1.165, 1.54) is 6.42 Å². The summed E-state index contributed by atoms with van der Waals surface area (Å²) >= 11 is 0. The molecule has 0 amide bonds. The topological polar surface area (TPSA) is 27.7 Å². The average molecular weight is 389 g/mol. The molecule has 1 saturated carbocycles. The predicted octanol–water partition coefficient (Wildman–Crippen LogP) is 6.13. The normalized spacial score (nSPS) is 26.2. The number of hydrogen-bond acceptors (Lipinski definition) is 3. The van der Waals surface area contributed by atoms with E-state index in [9.17, 15) is 0 Å². The summed E-state index contributed by atoms with van der Waals surface area (Å²) in [5.41, 5.74) is 1.10. The van der Waals surface area contributed by atoms with Gasteiger partial charge in [-0.3, -0.25) is 0 Å². The molecule has 0 heterocycles. The fourth-order valence-electron chi connectivity index (χ4n) is 4.02. The van der Waals surface area contributed by atoms with Crippen molar-refractivity contribution in [3.05, 3.63) is 42.0 Å². The number of hydrogen-bond donors (Lipinski definition) is 0. The van der Waals surface area contributed by atoms with E-state index in [1.54, 1.807) is 7.11 Å². The van der Waals surface area contributed by atoms with Crippen molar-refractivity contribution in [2.45, 2.75) is 70.4 Å². The summed E-state index contributed by atoms with van der Waals surface area (Å²) in [5, 5.41) is 0.188. The first kappa shape index (κ1) is 20.6. The molecule has 2 aliphatic rings. The van der Waals surface area contributed by atoms with Gasteiger partial charge in [-0.25, -0.2) is 0 Å². The van der Waals surface area contributed by atoms with Crippen LogP contribution in [-0.2, 0) is 9.16 Å². The van der Waals surface area contributed by atoms with Gasteiger partial charge in [0.2, 0.25) is 0 Å².